The summed E-state index contributed by atoms with van der Waals surface area (Å²) in [5.41, 5.74) is 7.52. The summed E-state index contributed by atoms with van der Waals surface area (Å²) in [4.78, 5) is 24.0. The zero-order valence-electron chi connectivity index (χ0n) is 15.8. The third kappa shape index (κ3) is 3.61. The monoisotopic (exact) mass is 524 g/mol. The van der Waals surface area contributed by atoms with Gasteiger partial charge in [-0.05, 0) is 53.1 Å². The number of nitrogen functional groups attached to an aromatic ring is 1. The number of fused-ring (bicyclic) bond motifs is 2. The minimum absolute atomic E-state index is 0.0140. The largest absolute Gasteiger partial charge is 0.454 e. The first kappa shape index (κ1) is 19.3. The van der Waals surface area contributed by atoms with E-state index in [9.17, 15) is 9.18 Å². The number of hydrogen-bond donors (Lipinski definition) is 2. The number of carbonyl (C=O) groups is 1. The van der Waals surface area contributed by atoms with E-state index in [4.69, 9.17) is 15.2 Å². The molecular formula is C19H18FIN6O3. The van der Waals surface area contributed by atoms with Gasteiger partial charge in [-0.25, -0.2) is 4.98 Å². The van der Waals surface area contributed by atoms with Crippen molar-refractivity contribution in [2.45, 2.75) is 25.8 Å². The molecule has 30 heavy (non-hydrogen) atoms. The molecule has 0 radical (unpaired) electrons. The van der Waals surface area contributed by atoms with E-state index in [0.29, 0.717) is 48.0 Å². The zero-order chi connectivity index (χ0) is 20.8. The summed E-state index contributed by atoms with van der Waals surface area (Å²) in [7, 11) is 0. The molecule has 2 aromatic heterocycles. The molecule has 3 N–H and O–H groups in total. The van der Waals surface area contributed by atoms with Gasteiger partial charge in [0.15, 0.2) is 28.5 Å². The summed E-state index contributed by atoms with van der Waals surface area (Å²) in [6, 6.07) is 3.83. The Bertz CT molecular complexity index is 1160. The number of rotatable bonds is 6. The number of aromatic nitrogens is 4. The highest BCUT2D eigenvalue weighted by atomic mass is 127. The fourth-order valence-corrected chi connectivity index (χ4v) is 4.08. The zero-order valence-corrected chi connectivity index (χ0v) is 18.0. The van der Waals surface area contributed by atoms with Gasteiger partial charge in [0.1, 0.15) is 5.82 Å². The fourth-order valence-electron chi connectivity index (χ4n) is 3.46. The van der Waals surface area contributed by atoms with Crippen LogP contribution in [-0.4, -0.2) is 38.8 Å². The number of halogens is 2. The number of anilines is 1. The number of nitrogens with one attached hydrogen (secondary N) is 1. The number of hydrogen-bond acceptors (Lipinski definition) is 7. The molecule has 11 heteroatoms. The van der Waals surface area contributed by atoms with Crippen molar-refractivity contribution in [3.8, 4) is 11.5 Å². The van der Waals surface area contributed by atoms with Gasteiger partial charge in [0, 0.05) is 29.0 Å². The van der Waals surface area contributed by atoms with Crippen LogP contribution >= 0.6 is 22.6 Å². The maximum atomic E-state index is 13.8. The molecule has 2 aliphatic rings. The van der Waals surface area contributed by atoms with Gasteiger partial charge in [0.25, 0.3) is 0 Å². The van der Waals surface area contributed by atoms with Crippen molar-refractivity contribution in [1.29, 1.82) is 0 Å². The molecule has 0 bridgehead atoms. The van der Waals surface area contributed by atoms with Crippen molar-refractivity contribution in [2.24, 2.45) is 5.92 Å². The first-order valence-electron chi connectivity index (χ1n) is 9.53. The normalized spacial score (nSPS) is 15.0. The number of nitrogens with zero attached hydrogens (tertiary/aromatic N) is 4. The molecule has 156 valence electrons. The van der Waals surface area contributed by atoms with Crippen molar-refractivity contribution in [2.75, 3.05) is 19.1 Å². The maximum absolute atomic E-state index is 13.8. The van der Waals surface area contributed by atoms with E-state index >= 15 is 0 Å². The van der Waals surface area contributed by atoms with Gasteiger partial charge in [0.2, 0.25) is 12.7 Å². The molecule has 3 heterocycles. The Kier molecular flexibility index (Phi) is 4.83. The second kappa shape index (κ2) is 7.52. The third-order valence-electron chi connectivity index (χ3n) is 5.15. The number of benzene rings is 1. The van der Waals surface area contributed by atoms with Crippen molar-refractivity contribution in [1.82, 2.24) is 24.8 Å². The summed E-state index contributed by atoms with van der Waals surface area (Å²) in [5.74, 6) is 2.18. The van der Waals surface area contributed by atoms with E-state index in [1.807, 2.05) is 12.1 Å². The van der Waals surface area contributed by atoms with Crippen LogP contribution in [0.1, 0.15) is 24.2 Å². The minimum atomic E-state index is -0.910. The van der Waals surface area contributed by atoms with Crippen LogP contribution in [0.5, 0.6) is 11.5 Å². The van der Waals surface area contributed by atoms with Crippen molar-refractivity contribution < 1.29 is 18.7 Å². The van der Waals surface area contributed by atoms with E-state index in [2.05, 4.69) is 42.9 Å². The molecule has 1 fully saturated rings. The van der Waals surface area contributed by atoms with E-state index < -0.39 is 6.08 Å². The average molecular weight is 524 g/mol. The number of carbonyl (C=O) groups excluding carboxylic acids is 1. The van der Waals surface area contributed by atoms with Gasteiger partial charge >= 0.3 is 6.08 Å². The molecule has 0 unspecified atom stereocenters. The summed E-state index contributed by atoms with van der Waals surface area (Å²) < 4.78 is 27.5. The lowest BCUT2D eigenvalue weighted by molar-refractivity contribution is -0.122. The Balaban J connectivity index is 1.48. The van der Waals surface area contributed by atoms with Crippen LogP contribution in [0.3, 0.4) is 0 Å². The van der Waals surface area contributed by atoms with E-state index in [-0.39, 0.29) is 24.4 Å². The highest BCUT2D eigenvalue weighted by Gasteiger charge is 2.29. The van der Waals surface area contributed by atoms with Gasteiger partial charge in [-0.1, -0.05) is 0 Å². The Morgan fingerprint density at radius 3 is 2.80 bits per heavy atom. The summed E-state index contributed by atoms with van der Waals surface area (Å²) in [6.07, 6.45) is 1.40. The van der Waals surface area contributed by atoms with Gasteiger partial charge in [-0.15, -0.1) is 0 Å². The summed E-state index contributed by atoms with van der Waals surface area (Å²) >= 11 is 2.23. The van der Waals surface area contributed by atoms with Crippen molar-refractivity contribution in [3.63, 3.8) is 0 Å². The predicted molar refractivity (Wildman–Crippen MR) is 114 cm³/mol. The molecule has 5 rings (SSSR count). The molecule has 1 saturated carbocycles. The molecule has 1 aliphatic carbocycles. The maximum Gasteiger partial charge on any atom is 0.312 e. The SMILES string of the molecule is Nc1nc(F)nc2c1nc(Cc1cc3c(cc1I)OCO3)n2CCNC(=O)C1CC1. The third-order valence-corrected chi connectivity index (χ3v) is 6.15. The molecular weight excluding hydrogens is 506 g/mol. The standard InChI is InChI=1S/C19H18FIN6O3/c20-19-25-16(22)15-17(26-19)27(4-3-23-18(28)9-1-2-9)14(24-15)6-10-5-12-13(7-11(10)21)30-8-29-12/h5,7,9H,1-4,6,8H2,(H,23,28)(H2,22,25,26). The van der Waals surface area contributed by atoms with Crippen molar-refractivity contribution in [3.05, 3.63) is 33.2 Å². The summed E-state index contributed by atoms with van der Waals surface area (Å²) in [6.45, 7) is 0.971. The number of nitrogens with two attached hydrogens (primary N) is 1. The van der Waals surface area contributed by atoms with Gasteiger partial charge in [-0.3, -0.25) is 4.79 Å². The summed E-state index contributed by atoms with van der Waals surface area (Å²) in [5, 5.41) is 2.92. The van der Waals surface area contributed by atoms with Crippen LogP contribution in [0, 0.1) is 15.6 Å². The molecule has 1 aliphatic heterocycles. The average Bonchev–Trinajstić information content (AvgIpc) is 3.37. The predicted octanol–water partition coefficient (Wildman–Crippen LogP) is 2.00. The molecule has 0 saturated heterocycles. The first-order valence-corrected chi connectivity index (χ1v) is 10.6. The van der Waals surface area contributed by atoms with E-state index in [1.165, 1.54) is 0 Å². The van der Waals surface area contributed by atoms with Gasteiger partial charge in [-0.2, -0.15) is 14.4 Å². The van der Waals surface area contributed by atoms with Gasteiger partial charge in [0.05, 0.1) is 0 Å². The molecule has 0 atom stereocenters. The Morgan fingerprint density at radius 2 is 2.03 bits per heavy atom. The minimum Gasteiger partial charge on any atom is -0.454 e. The fraction of sp³-hybridized carbons (Fsp3) is 0.368. The quantitative estimate of drug-likeness (QED) is 0.374. The van der Waals surface area contributed by atoms with Crippen LogP contribution in [-0.2, 0) is 17.8 Å². The second-order valence-electron chi connectivity index (χ2n) is 7.27. The molecule has 1 amide bonds. The van der Waals surface area contributed by atoms with E-state index in [1.54, 1.807) is 4.57 Å². The Labute approximate surface area is 184 Å². The number of imidazole rings is 1. The van der Waals surface area contributed by atoms with Crippen molar-refractivity contribution >= 4 is 45.5 Å². The van der Waals surface area contributed by atoms with Crippen LogP contribution in [0.2, 0.25) is 0 Å². The van der Waals surface area contributed by atoms with Gasteiger partial charge < -0.3 is 25.1 Å². The van der Waals surface area contributed by atoms with Crippen LogP contribution in [0.25, 0.3) is 11.2 Å². The number of ether oxygens (including phenoxy) is 2. The lowest BCUT2D eigenvalue weighted by atomic mass is 10.1. The first-order chi connectivity index (χ1) is 14.5. The highest BCUT2D eigenvalue weighted by Crippen LogP contribution is 2.36. The topological polar surface area (TPSA) is 117 Å². The smallest absolute Gasteiger partial charge is 0.312 e. The van der Waals surface area contributed by atoms with E-state index in [0.717, 1.165) is 22.0 Å². The molecule has 1 aromatic carbocycles. The molecule has 9 nitrogen and oxygen atoms in total. The van der Waals surface area contributed by atoms with Crippen LogP contribution in [0.4, 0.5) is 10.2 Å². The number of amides is 1. The lowest BCUT2D eigenvalue weighted by Gasteiger charge is -2.11. The van der Waals surface area contributed by atoms with Crippen LogP contribution < -0.4 is 20.5 Å². The lowest BCUT2D eigenvalue weighted by Crippen LogP contribution is -2.29. The molecule has 3 aromatic rings. The second-order valence-corrected chi connectivity index (χ2v) is 8.43. The Hall–Kier alpha value is -2.70. The highest BCUT2D eigenvalue weighted by molar-refractivity contribution is 14.1. The van der Waals surface area contributed by atoms with Crippen LogP contribution in [0.15, 0.2) is 12.1 Å². The Morgan fingerprint density at radius 1 is 1.27 bits per heavy atom. The molecule has 0 spiro atoms.